The molecule has 0 spiro atoms. The summed E-state index contributed by atoms with van der Waals surface area (Å²) < 4.78 is 5.06. The van der Waals surface area contributed by atoms with Crippen LogP contribution in [0.1, 0.15) is 11.7 Å². The number of aromatic nitrogens is 1. The third-order valence-electron chi connectivity index (χ3n) is 1.95. The highest BCUT2D eigenvalue weighted by Crippen LogP contribution is 2.17. The Morgan fingerprint density at radius 3 is 3.14 bits per heavy atom. The molecule has 3 N–H and O–H groups in total. The van der Waals surface area contributed by atoms with Crippen LogP contribution in [0.25, 0.3) is 11.0 Å². The van der Waals surface area contributed by atoms with Crippen LogP contribution in [-0.4, -0.2) is 16.1 Å². The van der Waals surface area contributed by atoms with Crippen molar-refractivity contribution < 1.29 is 14.3 Å². The lowest BCUT2D eigenvalue weighted by Crippen LogP contribution is -2.21. The normalized spacial score (nSPS) is 12.9. The molecule has 2 heterocycles. The number of fused-ring (bicyclic) bond motifs is 1. The lowest BCUT2D eigenvalue weighted by atomic mass is 10.2. The average molecular weight is 192 g/mol. The molecule has 72 valence electrons. The van der Waals surface area contributed by atoms with Gasteiger partial charge in [-0.15, -0.1) is 0 Å². The van der Waals surface area contributed by atoms with Gasteiger partial charge in [0, 0.05) is 5.39 Å². The number of hydrogen-bond donors (Lipinski definition) is 2. The molecule has 5 heteroatoms. The fourth-order valence-electron chi connectivity index (χ4n) is 1.18. The molecule has 0 aliphatic rings. The van der Waals surface area contributed by atoms with E-state index in [9.17, 15) is 4.79 Å². The average Bonchev–Trinajstić information content (AvgIpc) is 2.62. The highest BCUT2D eigenvalue weighted by Gasteiger charge is 2.16. The SMILES string of the molecule is NC(C(=O)O)c1cc2ccoc2cn1. The maximum Gasteiger partial charge on any atom is 0.326 e. The van der Waals surface area contributed by atoms with Crippen LogP contribution in [0.5, 0.6) is 0 Å². The summed E-state index contributed by atoms with van der Waals surface area (Å²) in [6.45, 7) is 0. The van der Waals surface area contributed by atoms with E-state index in [1.807, 2.05) is 0 Å². The molecule has 2 aromatic rings. The van der Waals surface area contributed by atoms with Crippen molar-refractivity contribution in [2.45, 2.75) is 6.04 Å². The summed E-state index contributed by atoms with van der Waals surface area (Å²) in [7, 11) is 0. The predicted molar refractivity (Wildman–Crippen MR) is 48.6 cm³/mol. The first-order valence-electron chi connectivity index (χ1n) is 4.00. The summed E-state index contributed by atoms with van der Waals surface area (Å²) in [5, 5.41) is 9.47. The third kappa shape index (κ3) is 1.33. The molecular formula is C9H8N2O3. The summed E-state index contributed by atoms with van der Waals surface area (Å²) in [6.07, 6.45) is 2.98. The van der Waals surface area contributed by atoms with Crippen molar-refractivity contribution in [2.24, 2.45) is 5.73 Å². The molecule has 0 aromatic carbocycles. The van der Waals surface area contributed by atoms with Crippen LogP contribution in [0.15, 0.2) is 29.0 Å². The lowest BCUT2D eigenvalue weighted by Gasteiger charge is -2.04. The van der Waals surface area contributed by atoms with Gasteiger partial charge in [-0.2, -0.15) is 0 Å². The van der Waals surface area contributed by atoms with Crippen LogP contribution in [0.2, 0.25) is 0 Å². The van der Waals surface area contributed by atoms with Crippen molar-refractivity contribution in [2.75, 3.05) is 0 Å². The molecule has 0 fully saturated rings. The second-order valence-electron chi connectivity index (χ2n) is 2.88. The van der Waals surface area contributed by atoms with Crippen LogP contribution < -0.4 is 5.73 Å². The Bertz CT molecular complexity index is 478. The molecule has 0 aliphatic heterocycles. The lowest BCUT2D eigenvalue weighted by molar-refractivity contribution is -0.138. The van der Waals surface area contributed by atoms with E-state index in [0.29, 0.717) is 11.3 Å². The van der Waals surface area contributed by atoms with Crippen LogP contribution >= 0.6 is 0 Å². The minimum absolute atomic E-state index is 0.325. The van der Waals surface area contributed by atoms with Gasteiger partial charge < -0.3 is 15.3 Å². The van der Waals surface area contributed by atoms with Gasteiger partial charge in [-0.3, -0.25) is 9.78 Å². The highest BCUT2D eigenvalue weighted by molar-refractivity contribution is 5.80. The van der Waals surface area contributed by atoms with Crippen LogP contribution in [-0.2, 0) is 4.79 Å². The van der Waals surface area contributed by atoms with Gasteiger partial charge in [0.1, 0.15) is 6.04 Å². The molecular weight excluding hydrogens is 184 g/mol. The number of furan rings is 1. The van der Waals surface area contributed by atoms with Crippen LogP contribution in [0.4, 0.5) is 0 Å². The number of aliphatic carboxylic acids is 1. The Labute approximate surface area is 79.2 Å². The first-order valence-corrected chi connectivity index (χ1v) is 4.00. The number of nitrogens with zero attached hydrogens (tertiary/aromatic N) is 1. The molecule has 2 aromatic heterocycles. The standard InChI is InChI=1S/C9H8N2O3/c10-8(9(12)13)6-3-5-1-2-14-7(5)4-11-6/h1-4,8H,10H2,(H,12,13). The van der Waals surface area contributed by atoms with E-state index in [0.717, 1.165) is 5.39 Å². The highest BCUT2D eigenvalue weighted by atomic mass is 16.4. The summed E-state index contributed by atoms with van der Waals surface area (Å²) in [5.74, 6) is -1.10. The zero-order valence-electron chi connectivity index (χ0n) is 7.18. The molecule has 0 amide bonds. The molecule has 0 saturated heterocycles. The first kappa shape index (κ1) is 8.71. The predicted octanol–water partition coefficient (Wildman–Crippen LogP) is 0.912. The van der Waals surface area contributed by atoms with Gasteiger partial charge in [0.2, 0.25) is 0 Å². The largest absolute Gasteiger partial charge is 0.480 e. The molecule has 2 rings (SSSR count). The van der Waals surface area contributed by atoms with Gasteiger partial charge in [-0.25, -0.2) is 0 Å². The number of nitrogens with two attached hydrogens (primary N) is 1. The molecule has 0 aliphatic carbocycles. The summed E-state index contributed by atoms with van der Waals surface area (Å²) in [4.78, 5) is 14.5. The second-order valence-corrected chi connectivity index (χ2v) is 2.88. The van der Waals surface area contributed by atoms with Gasteiger partial charge >= 0.3 is 5.97 Å². The summed E-state index contributed by atoms with van der Waals surface area (Å²) in [6, 6.07) is 2.25. The maximum atomic E-state index is 10.6. The smallest absolute Gasteiger partial charge is 0.326 e. The number of rotatable bonds is 2. The Kier molecular flexibility index (Phi) is 1.94. The number of carboxylic acid groups (broad SMARTS) is 1. The summed E-state index contributed by atoms with van der Waals surface area (Å²) >= 11 is 0. The first-order chi connectivity index (χ1) is 6.68. The topological polar surface area (TPSA) is 89.4 Å². The monoisotopic (exact) mass is 192 g/mol. The second kappa shape index (κ2) is 3.12. The van der Waals surface area contributed by atoms with Gasteiger partial charge in [0.05, 0.1) is 18.2 Å². The van der Waals surface area contributed by atoms with Crippen molar-refractivity contribution in [3.63, 3.8) is 0 Å². The van der Waals surface area contributed by atoms with Gasteiger partial charge in [-0.1, -0.05) is 0 Å². The number of carbonyl (C=O) groups is 1. The van der Waals surface area contributed by atoms with Gasteiger partial charge in [0.25, 0.3) is 0 Å². The van der Waals surface area contributed by atoms with Gasteiger partial charge in [-0.05, 0) is 12.1 Å². The van der Waals surface area contributed by atoms with E-state index in [-0.39, 0.29) is 0 Å². The fraction of sp³-hybridized carbons (Fsp3) is 0.111. The molecule has 5 nitrogen and oxygen atoms in total. The van der Waals surface area contributed by atoms with E-state index in [1.54, 1.807) is 12.1 Å². The summed E-state index contributed by atoms with van der Waals surface area (Å²) in [5.41, 5.74) is 6.35. The minimum Gasteiger partial charge on any atom is -0.480 e. The quantitative estimate of drug-likeness (QED) is 0.738. The number of pyridine rings is 1. The Morgan fingerprint density at radius 1 is 1.64 bits per heavy atom. The molecule has 0 bridgehead atoms. The van der Waals surface area contributed by atoms with Crippen molar-refractivity contribution in [1.82, 2.24) is 4.98 Å². The van der Waals surface area contributed by atoms with E-state index >= 15 is 0 Å². The molecule has 14 heavy (non-hydrogen) atoms. The van der Waals surface area contributed by atoms with Crippen molar-refractivity contribution in [3.05, 3.63) is 30.3 Å². The van der Waals surface area contributed by atoms with Crippen molar-refractivity contribution in [3.8, 4) is 0 Å². The Morgan fingerprint density at radius 2 is 2.43 bits per heavy atom. The minimum atomic E-state index is -1.10. The zero-order valence-corrected chi connectivity index (χ0v) is 7.18. The zero-order chi connectivity index (χ0) is 10.1. The maximum absolute atomic E-state index is 10.6. The van der Waals surface area contributed by atoms with Crippen LogP contribution in [0, 0.1) is 0 Å². The van der Waals surface area contributed by atoms with E-state index < -0.39 is 12.0 Å². The molecule has 1 unspecified atom stereocenters. The van der Waals surface area contributed by atoms with Crippen molar-refractivity contribution >= 4 is 16.9 Å². The van der Waals surface area contributed by atoms with Crippen LogP contribution in [0.3, 0.4) is 0 Å². The van der Waals surface area contributed by atoms with E-state index in [4.69, 9.17) is 15.3 Å². The third-order valence-corrected chi connectivity index (χ3v) is 1.95. The van der Waals surface area contributed by atoms with E-state index in [2.05, 4.69) is 4.98 Å². The fourth-order valence-corrected chi connectivity index (χ4v) is 1.18. The Balaban J connectivity index is 2.48. The molecule has 0 saturated carbocycles. The van der Waals surface area contributed by atoms with E-state index in [1.165, 1.54) is 12.5 Å². The van der Waals surface area contributed by atoms with Gasteiger partial charge in [0.15, 0.2) is 5.58 Å². The Hall–Kier alpha value is -1.88. The number of carboxylic acids is 1. The molecule has 1 atom stereocenters. The molecule has 0 radical (unpaired) electrons. The van der Waals surface area contributed by atoms with Crippen molar-refractivity contribution in [1.29, 1.82) is 0 Å². The number of hydrogen-bond acceptors (Lipinski definition) is 4.